The Balaban J connectivity index is 0.00000595. The summed E-state index contributed by atoms with van der Waals surface area (Å²) >= 11 is 0. The molecule has 0 fully saturated rings. The van der Waals surface area contributed by atoms with Crippen molar-refractivity contribution in [3.63, 3.8) is 0 Å². The van der Waals surface area contributed by atoms with Gasteiger partial charge in [-0.05, 0) is 47.8 Å². The molecule has 3 aromatic carbocycles. The van der Waals surface area contributed by atoms with Gasteiger partial charge in [0.05, 0.1) is 11.1 Å². The van der Waals surface area contributed by atoms with Crippen molar-refractivity contribution in [3.8, 4) is 17.2 Å². The molecular weight excluding hydrogens is 915 g/mol. The Hall–Kier alpha value is -2.86. The maximum Gasteiger partial charge on any atom is 0.211 e. The molecule has 0 saturated carbocycles. The highest BCUT2D eigenvalue weighted by Gasteiger charge is 2.49. The number of fused-ring (bicyclic) bond motifs is 4. The van der Waals surface area contributed by atoms with Gasteiger partial charge >= 0.3 is 0 Å². The minimum absolute atomic E-state index is 0. The molecule has 0 spiro atoms. The minimum Gasteiger partial charge on any atom is -1.00 e. The Kier molecular flexibility index (Phi) is 13.3. The fourth-order valence-corrected chi connectivity index (χ4v) is 11.3. The summed E-state index contributed by atoms with van der Waals surface area (Å²) < 4.78 is 81.9. The predicted octanol–water partition coefficient (Wildman–Crippen LogP) is 9.02. The second kappa shape index (κ2) is 17.4. The Morgan fingerprint density at radius 1 is 0.683 bits per heavy atom. The fourth-order valence-electron chi connectivity index (χ4n) is 11.3. The normalized spacial score (nSPS) is 20.4. The predicted molar refractivity (Wildman–Crippen MR) is 242 cm³/mol. The number of anilines is 1. The number of nitrogens with zero attached hydrogens (tertiary/aromatic N) is 2. The standard InChI is InChI=1S/C53H71F4N2O3.HI/c1-11-12-13-14-15-16-17-18-19-20-21-53(10,60)62-48-37(40(54)41(55)42(56)43(48)57)36-32-30-34-44-38(51(6,7)24-28-58(44)26-22-49(34,2)3)46(32)61-47-33(36)31-35-45-39(47)52(8,9)25-29-59(45)27-23-50(35,4)5;/h30-31,60H,11-29H2,1-10H3;1H/q+1;/p-1. The van der Waals surface area contributed by atoms with Crippen molar-refractivity contribution in [2.24, 2.45) is 0 Å². The lowest BCUT2D eigenvalue weighted by Crippen LogP contribution is -3.00. The molecule has 3 aromatic rings. The number of rotatable bonds is 14. The minimum atomic E-state index is -2.01. The number of hydrogen-bond donors (Lipinski definition) is 1. The smallest absolute Gasteiger partial charge is 0.211 e. The molecule has 8 rings (SSSR count). The molecule has 5 nitrogen and oxygen atoms in total. The van der Waals surface area contributed by atoms with E-state index in [0.717, 1.165) is 111 Å². The van der Waals surface area contributed by atoms with Crippen LogP contribution in [0, 0.1) is 23.3 Å². The molecule has 0 aromatic heterocycles. The van der Waals surface area contributed by atoms with Crippen molar-refractivity contribution < 1.29 is 56.1 Å². The van der Waals surface area contributed by atoms with E-state index in [1.54, 1.807) is 0 Å². The van der Waals surface area contributed by atoms with Gasteiger partial charge in [0.25, 0.3) is 0 Å². The van der Waals surface area contributed by atoms with Gasteiger partial charge in [-0.25, -0.2) is 17.7 Å². The summed E-state index contributed by atoms with van der Waals surface area (Å²) in [5, 5.41) is 13.4. The van der Waals surface area contributed by atoms with Crippen LogP contribution in [0.5, 0.6) is 17.2 Å². The number of aliphatic hydroxyl groups is 1. The molecule has 1 unspecified atom stereocenters. The largest absolute Gasteiger partial charge is 1.00 e. The molecule has 346 valence electrons. The van der Waals surface area contributed by atoms with Crippen LogP contribution in [-0.4, -0.2) is 37.1 Å². The van der Waals surface area contributed by atoms with Gasteiger partial charge in [-0.3, -0.25) is 0 Å². The first-order chi connectivity index (χ1) is 29.1. The van der Waals surface area contributed by atoms with Crippen LogP contribution in [0.2, 0.25) is 0 Å². The highest BCUT2D eigenvalue weighted by atomic mass is 127. The topological polar surface area (TPSA) is 44.9 Å². The lowest BCUT2D eigenvalue weighted by molar-refractivity contribution is -0.130. The molecular formula is C53H71F4IN2O3. The summed E-state index contributed by atoms with van der Waals surface area (Å²) in [7, 11) is 0. The summed E-state index contributed by atoms with van der Waals surface area (Å²) in [5.74, 6) is -8.88. The second-order valence-corrected chi connectivity index (χ2v) is 22.2. The van der Waals surface area contributed by atoms with E-state index in [4.69, 9.17) is 9.47 Å². The average Bonchev–Trinajstić information content (AvgIpc) is 3.20. The van der Waals surface area contributed by atoms with Gasteiger partial charge in [0, 0.05) is 83.3 Å². The van der Waals surface area contributed by atoms with Crippen molar-refractivity contribution in [1.82, 2.24) is 4.58 Å². The van der Waals surface area contributed by atoms with E-state index >= 15 is 17.6 Å². The number of benzene rings is 3. The van der Waals surface area contributed by atoms with E-state index < -0.39 is 40.4 Å². The van der Waals surface area contributed by atoms with Crippen molar-refractivity contribution in [2.75, 3.05) is 31.1 Å². The first-order valence-corrected chi connectivity index (χ1v) is 23.9. The van der Waals surface area contributed by atoms with E-state index in [1.165, 1.54) is 39.0 Å². The third kappa shape index (κ3) is 8.45. The van der Waals surface area contributed by atoms with Crippen LogP contribution in [0.25, 0.3) is 5.57 Å². The zero-order chi connectivity index (χ0) is 44.7. The van der Waals surface area contributed by atoms with Crippen LogP contribution in [0.1, 0.15) is 199 Å². The fraction of sp³-hybridized carbons (Fsp3) is 0.642. The molecule has 0 aliphatic carbocycles. The van der Waals surface area contributed by atoms with Gasteiger partial charge in [-0.1, -0.05) is 120 Å². The lowest BCUT2D eigenvalue weighted by Gasteiger charge is -2.49. The summed E-state index contributed by atoms with van der Waals surface area (Å²) in [4.78, 5) is 2.43. The van der Waals surface area contributed by atoms with Gasteiger partial charge in [-0.15, -0.1) is 0 Å². The molecule has 0 saturated heterocycles. The van der Waals surface area contributed by atoms with Crippen molar-refractivity contribution in [2.45, 2.75) is 193 Å². The maximum absolute atomic E-state index is 17.3. The number of unbranched alkanes of at least 4 members (excludes halogenated alkanes) is 9. The van der Waals surface area contributed by atoms with Gasteiger partial charge in [0.15, 0.2) is 17.4 Å². The monoisotopic (exact) mass is 986 g/mol. The SMILES string of the molecule is CCCCCCCCCCCCC(C)(O)Oc1c(F)c(F)c(F)c(F)c1C1=c2cc3c4c(c2Oc2c1cc1c5c2C(C)(C)CCN5CCC1(C)C)C(C)(C)CC[N+]=4CCC3(C)C.[I-]. The van der Waals surface area contributed by atoms with Crippen LogP contribution in [-0.2, 0) is 21.7 Å². The Bertz CT molecular complexity index is 2410. The van der Waals surface area contributed by atoms with E-state index in [-0.39, 0.29) is 57.6 Å². The summed E-state index contributed by atoms with van der Waals surface area (Å²) in [6.45, 7) is 24.8. The third-order valence-corrected chi connectivity index (χ3v) is 15.5. The summed E-state index contributed by atoms with van der Waals surface area (Å²) in [5.41, 5.74) is 4.00. The average molecular weight is 987 g/mol. The molecule has 5 aliphatic rings. The summed E-state index contributed by atoms with van der Waals surface area (Å²) in [6, 6.07) is 4.08. The van der Waals surface area contributed by atoms with Crippen LogP contribution < -0.4 is 53.5 Å². The Morgan fingerprint density at radius 3 is 1.86 bits per heavy atom. The molecule has 5 heterocycles. The molecule has 63 heavy (non-hydrogen) atoms. The molecule has 5 aliphatic heterocycles. The number of hydrogen-bond acceptors (Lipinski definition) is 4. The zero-order valence-corrected chi connectivity index (χ0v) is 41.8. The van der Waals surface area contributed by atoms with E-state index in [9.17, 15) is 5.11 Å². The van der Waals surface area contributed by atoms with Crippen molar-refractivity contribution in [1.29, 1.82) is 0 Å². The van der Waals surface area contributed by atoms with Gasteiger partial charge < -0.3 is 43.5 Å². The van der Waals surface area contributed by atoms with Crippen molar-refractivity contribution in [3.05, 3.63) is 79.4 Å². The van der Waals surface area contributed by atoms with Crippen molar-refractivity contribution >= 4 is 11.3 Å². The van der Waals surface area contributed by atoms with Crippen LogP contribution in [0.3, 0.4) is 0 Å². The van der Waals surface area contributed by atoms with Gasteiger partial charge in [0.2, 0.25) is 22.8 Å². The van der Waals surface area contributed by atoms with E-state index in [2.05, 4.69) is 71.8 Å². The second-order valence-electron chi connectivity index (χ2n) is 22.2. The molecule has 1 atom stereocenters. The lowest BCUT2D eigenvalue weighted by atomic mass is 9.67. The Labute approximate surface area is 390 Å². The molecule has 1 N–H and O–H groups in total. The van der Waals surface area contributed by atoms with E-state index in [0.29, 0.717) is 28.7 Å². The molecule has 10 heteroatoms. The highest BCUT2D eigenvalue weighted by Crippen LogP contribution is 2.58. The van der Waals surface area contributed by atoms with Gasteiger partial charge in [0.1, 0.15) is 24.6 Å². The summed E-state index contributed by atoms with van der Waals surface area (Å²) in [6.07, 6.45) is 14.3. The van der Waals surface area contributed by atoms with Crippen LogP contribution in [0.4, 0.5) is 23.2 Å². The number of ether oxygens (including phenoxy) is 2. The maximum atomic E-state index is 17.3. The van der Waals surface area contributed by atoms with Crippen LogP contribution >= 0.6 is 0 Å². The van der Waals surface area contributed by atoms with Crippen LogP contribution in [0.15, 0.2) is 12.1 Å². The zero-order valence-electron chi connectivity index (χ0n) is 39.6. The Morgan fingerprint density at radius 2 is 1.22 bits per heavy atom. The highest BCUT2D eigenvalue weighted by molar-refractivity contribution is 5.92. The molecule has 0 radical (unpaired) electrons. The molecule has 0 bridgehead atoms. The van der Waals surface area contributed by atoms with Gasteiger partial charge in [-0.2, -0.15) is 4.39 Å². The number of halogens is 5. The molecule has 0 amide bonds. The quantitative estimate of drug-likeness (QED) is 0.0261. The van der Waals surface area contributed by atoms with E-state index in [1.807, 2.05) is 12.1 Å². The first-order valence-electron chi connectivity index (χ1n) is 23.9. The third-order valence-electron chi connectivity index (χ3n) is 15.5. The first kappa shape index (κ1) is 48.1.